The third-order valence-electron chi connectivity index (χ3n) is 3.54. The summed E-state index contributed by atoms with van der Waals surface area (Å²) in [6.45, 7) is 3.58. The van der Waals surface area contributed by atoms with E-state index in [1.165, 1.54) is 6.07 Å². The molecule has 114 valence electrons. The van der Waals surface area contributed by atoms with Gasteiger partial charge in [0, 0.05) is 39.6 Å². The van der Waals surface area contributed by atoms with Crippen molar-refractivity contribution in [2.45, 2.75) is 26.3 Å². The molecule has 0 spiro atoms. The Morgan fingerprint density at radius 3 is 2.73 bits per heavy atom. The SMILES string of the molecule is Cc1cc2c(F)cc(OCCCC[n+]3ccccc3)cc2s1. The molecule has 2 heterocycles. The van der Waals surface area contributed by atoms with Crippen molar-refractivity contribution in [2.24, 2.45) is 0 Å². The molecule has 1 aromatic carbocycles. The van der Waals surface area contributed by atoms with Crippen molar-refractivity contribution >= 4 is 21.4 Å². The van der Waals surface area contributed by atoms with Crippen LogP contribution in [0.2, 0.25) is 0 Å². The maximum absolute atomic E-state index is 14.0. The molecule has 0 fully saturated rings. The van der Waals surface area contributed by atoms with Gasteiger partial charge in [0.05, 0.1) is 6.61 Å². The highest BCUT2D eigenvalue weighted by molar-refractivity contribution is 7.19. The average molecular weight is 316 g/mol. The summed E-state index contributed by atoms with van der Waals surface area (Å²) in [5, 5.41) is 0.690. The van der Waals surface area contributed by atoms with E-state index in [0.29, 0.717) is 17.7 Å². The molecule has 2 aromatic heterocycles. The Hall–Kier alpha value is -1.94. The first kappa shape index (κ1) is 15.0. The van der Waals surface area contributed by atoms with Gasteiger partial charge in [0.2, 0.25) is 0 Å². The fourth-order valence-corrected chi connectivity index (χ4v) is 3.42. The first-order valence-corrected chi connectivity index (χ1v) is 8.30. The van der Waals surface area contributed by atoms with Gasteiger partial charge in [0.1, 0.15) is 18.1 Å². The van der Waals surface area contributed by atoms with Gasteiger partial charge in [-0.1, -0.05) is 6.07 Å². The van der Waals surface area contributed by atoms with Gasteiger partial charge >= 0.3 is 0 Å². The molecule has 0 saturated carbocycles. The number of hydrogen-bond acceptors (Lipinski definition) is 2. The van der Waals surface area contributed by atoms with Gasteiger partial charge in [-0.2, -0.15) is 0 Å². The zero-order chi connectivity index (χ0) is 15.4. The van der Waals surface area contributed by atoms with Gasteiger partial charge in [-0.25, -0.2) is 8.96 Å². The standard InChI is InChI=1S/C18H19FNOS/c1-14-11-16-17(19)12-15(13-18(16)22-14)21-10-6-5-9-20-7-3-2-4-8-20/h2-4,7-8,11-13H,5-6,9-10H2,1H3/q+1. The average Bonchev–Trinajstić information content (AvgIpc) is 2.89. The van der Waals surface area contributed by atoms with E-state index in [1.807, 2.05) is 37.3 Å². The lowest BCUT2D eigenvalue weighted by Crippen LogP contribution is -2.32. The van der Waals surface area contributed by atoms with Crippen LogP contribution >= 0.6 is 11.3 Å². The zero-order valence-corrected chi connectivity index (χ0v) is 13.4. The summed E-state index contributed by atoms with van der Waals surface area (Å²) in [6, 6.07) is 11.4. The van der Waals surface area contributed by atoms with Crippen molar-refractivity contribution in [1.29, 1.82) is 0 Å². The predicted molar refractivity (Wildman–Crippen MR) is 87.9 cm³/mol. The van der Waals surface area contributed by atoms with E-state index in [9.17, 15) is 4.39 Å². The molecule has 2 nitrogen and oxygen atoms in total. The maximum Gasteiger partial charge on any atom is 0.168 e. The molecule has 0 saturated heterocycles. The van der Waals surface area contributed by atoms with Crippen LogP contribution in [0.15, 0.2) is 48.8 Å². The van der Waals surface area contributed by atoms with Gasteiger partial charge in [-0.05, 0) is 25.5 Å². The zero-order valence-electron chi connectivity index (χ0n) is 12.6. The van der Waals surface area contributed by atoms with Crippen LogP contribution in [-0.4, -0.2) is 6.61 Å². The molecule has 0 atom stereocenters. The fraction of sp³-hybridized carbons (Fsp3) is 0.278. The second kappa shape index (κ2) is 6.88. The fourth-order valence-electron chi connectivity index (χ4n) is 2.45. The number of benzene rings is 1. The first-order valence-electron chi connectivity index (χ1n) is 7.49. The molecule has 0 aliphatic carbocycles. The molecule has 4 heteroatoms. The smallest absolute Gasteiger partial charge is 0.168 e. The van der Waals surface area contributed by atoms with E-state index in [0.717, 1.165) is 29.0 Å². The minimum Gasteiger partial charge on any atom is -0.493 e. The van der Waals surface area contributed by atoms with Crippen LogP contribution in [0.25, 0.3) is 10.1 Å². The topological polar surface area (TPSA) is 13.1 Å². The molecule has 3 aromatic rings. The highest BCUT2D eigenvalue weighted by Gasteiger charge is 2.08. The van der Waals surface area contributed by atoms with E-state index >= 15 is 0 Å². The van der Waals surface area contributed by atoms with Crippen LogP contribution < -0.4 is 9.30 Å². The molecular formula is C18H19FNOS+. The Labute approximate surface area is 133 Å². The summed E-state index contributed by atoms with van der Waals surface area (Å²) in [5.41, 5.74) is 0. The van der Waals surface area contributed by atoms with E-state index in [1.54, 1.807) is 11.3 Å². The number of rotatable bonds is 6. The molecule has 0 N–H and O–H groups in total. The normalized spacial score (nSPS) is 11.0. The van der Waals surface area contributed by atoms with Crippen molar-refractivity contribution in [2.75, 3.05) is 6.61 Å². The second-order valence-corrected chi connectivity index (χ2v) is 6.63. The molecule has 0 bridgehead atoms. The lowest BCUT2D eigenvalue weighted by Gasteiger charge is -2.06. The summed E-state index contributed by atoms with van der Waals surface area (Å²) in [5.74, 6) is 0.427. The van der Waals surface area contributed by atoms with Crippen LogP contribution in [0.1, 0.15) is 17.7 Å². The van der Waals surface area contributed by atoms with Crippen molar-refractivity contribution in [1.82, 2.24) is 0 Å². The van der Waals surface area contributed by atoms with E-state index in [2.05, 4.69) is 17.0 Å². The molecule has 0 aliphatic rings. The number of thiophene rings is 1. The van der Waals surface area contributed by atoms with Crippen molar-refractivity contribution in [3.8, 4) is 5.75 Å². The molecule has 0 unspecified atom stereocenters. The minimum atomic E-state index is -0.198. The van der Waals surface area contributed by atoms with Gasteiger partial charge in [-0.15, -0.1) is 11.3 Å². The van der Waals surface area contributed by atoms with E-state index < -0.39 is 0 Å². The number of fused-ring (bicyclic) bond motifs is 1. The molecule has 0 aliphatic heterocycles. The number of halogens is 1. The van der Waals surface area contributed by atoms with Gasteiger partial charge in [0.15, 0.2) is 12.4 Å². The highest BCUT2D eigenvalue weighted by Crippen LogP contribution is 2.31. The van der Waals surface area contributed by atoms with Crippen LogP contribution in [0.3, 0.4) is 0 Å². The second-order valence-electron chi connectivity index (χ2n) is 5.34. The third kappa shape index (κ3) is 3.63. The number of hydrogen-bond donors (Lipinski definition) is 0. The van der Waals surface area contributed by atoms with Gasteiger partial charge < -0.3 is 4.74 Å². The van der Waals surface area contributed by atoms with Crippen LogP contribution in [0.5, 0.6) is 5.75 Å². The summed E-state index contributed by atoms with van der Waals surface area (Å²) in [7, 11) is 0. The van der Waals surface area contributed by atoms with E-state index in [-0.39, 0.29) is 5.82 Å². The minimum absolute atomic E-state index is 0.198. The summed E-state index contributed by atoms with van der Waals surface area (Å²) in [4.78, 5) is 1.12. The first-order chi connectivity index (χ1) is 10.7. The van der Waals surface area contributed by atoms with Crippen LogP contribution in [-0.2, 0) is 6.54 Å². The Bertz CT molecular complexity index is 754. The maximum atomic E-state index is 14.0. The van der Waals surface area contributed by atoms with E-state index in [4.69, 9.17) is 4.74 Å². The number of ether oxygens (including phenoxy) is 1. The van der Waals surface area contributed by atoms with Crippen molar-refractivity contribution in [3.05, 3.63) is 59.5 Å². The summed E-state index contributed by atoms with van der Waals surface area (Å²) < 4.78 is 22.8. The monoisotopic (exact) mass is 316 g/mol. The Balaban J connectivity index is 1.51. The van der Waals surface area contributed by atoms with Crippen molar-refractivity contribution in [3.63, 3.8) is 0 Å². The number of nitrogens with zero attached hydrogens (tertiary/aromatic N) is 1. The molecule has 22 heavy (non-hydrogen) atoms. The Kier molecular flexibility index (Phi) is 4.68. The third-order valence-corrected chi connectivity index (χ3v) is 4.54. The van der Waals surface area contributed by atoms with Crippen LogP contribution in [0.4, 0.5) is 4.39 Å². The lowest BCUT2D eigenvalue weighted by atomic mass is 10.2. The molecular weight excluding hydrogens is 297 g/mol. The van der Waals surface area contributed by atoms with Crippen LogP contribution in [0, 0.1) is 12.7 Å². The lowest BCUT2D eigenvalue weighted by molar-refractivity contribution is -0.697. The molecule has 3 rings (SSSR count). The Morgan fingerprint density at radius 2 is 1.91 bits per heavy atom. The molecule has 0 radical (unpaired) electrons. The van der Waals surface area contributed by atoms with Crippen molar-refractivity contribution < 1.29 is 13.7 Å². The highest BCUT2D eigenvalue weighted by atomic mass is 32.1. The predicted octanol–water partition coefficient (Wildman–Crippen LogP) is 4.50. The Morgan fingerprint density at radius 1 is 1.09 bits per heavy atom. The number of aromatic nitrogens is 1. The summed E-state index contributed by atoms with van der Waals surface area (Å²) in [6.07, 6.45) is 6.11. The molecule has 0 amide bonds. The number of aryl methyl sites for hydroxylation is 2. The largest absolute Gasteiger partial charge is 0.493 e. The summed E-state index contributed by atoms with van der Waals surface area (Å²) >= 11 is 1.60. The number of unbranched alkanes of at least 4 members (excludes halogenated alkanes) is 1. The quantitative estimate of drug-likeness (QED) is 0.482. The number of pyridine rings is 1. The van der Waals surface area contributed by atoms with Gasteiger partial charge in [-0.3, -0.25) is 0 Å². The van der Waals surface area contributed by atoms with Gasteiger partial charge in [0.25, 0.3) is 0 Å².